The second kappa shape index (κ2) is 7.57. The molecule has 0 aliphatic heterocycles. The summed E-state index contributed by atoms with van der Waals surface area (Å²) in [5.41, 5.74) is 3.58. The average molecular weight is 304 g/mol. The largest absolute Gasteiger partial charge is 0.486 e. The lowest BCUT2D eigenvalue weighted by Crippen LogP contribution is -2.14. The van der Waals surface area contributed by atoms with Crippen molar-refractivity contribution in [1.82, 2.24) is 10.3 Å². The van der Waals surface area contributed by atoms with Gasteiger partial charge in [-0.2, -0.15) is 0 Å². The van der Waals surface area contributed by atoms with Gasteiger partial charge in [0.2, 0.25) is 0 Å². The van der Waals surface area contributed by atoms with Gasteiger partial charge in [0.15, 0.2) is 0 Å². The van der Waals surface area contributed by atoms with Crippen LogP contribution in [0.5, 0.6) is 5.75 Å². The predicted octanol–water partition coefficient (Wildman–Crippen LogP) is 4.15. The van der Waals surface area contributed by atoms with E-state index < -0.39 is 0 Å². The van der Waals surface area contributed by atoms with Gasteiger partial charge in [0.25, 0.3) is 0 Å². The molecule has 4 heteroatoms. The van der Waals surface area contributed by atoms with Crippen molar-refractivity contribution in [3.8, 4) is 5.75 Å². The van der Waals surface area contributed by atoms with Gasteiger partial charge >= 0.3 is 0 Å². The molecule has 0 saturated heterocycles. The van der Waals surface area contributed by atoms with Crippen molar-refractivity contribution in [3.63, 3.8) is 0 Å². The van der Waals surface area contributed by atoms with Crippen LogP contribution >= 0.6 is 11.3 Å². The van der Waals surface area contributed by atoms with Crippen LogP contribution in [0.1, 0.15) is 40.1 Å². The van der Waals surface area contributed by atoms with E-state index in [4.69, 9.17) is 4.74 Å². The fraction of sp³-hybridized carbons (Fsp3) is 0.471. The lowest BCUT2D eigenvalue weighted by molar-refractivity contribution is 0.301. The van der Waals surface area contributed by atoms with Gasteiger partial charge in [-0.05, 0) is 39.8 Å². The first-order chi connectivity index (χ1) is 10.1. The van der Waals surface area contributed by atoms with Gasteiger partial charge in [0, 0.05) is 17.0 Å². The third-order valence-electron chi connectivity index (χ3n) is 3.38. The zero-order valence-electron chi connectivity index (χ0n) is 13.3. The number of nitrogens with zero attached hydrogens (tertiary/aromatic N) is 1. The number of benzene rings is 1. The standard InChI is InChI=1S/C17H24N2OS/c1-5-8-18-10-15-9-12(2)6-7-16(15)20-11-17-19-13(3)14(4)21-17/h6-7,9,18H,5,8,10-11H2,1-4H3. The normalized spacial score (nSPS) is 10.9. The maximum absolute atomic E-state index is 5.99. The number of aromatic nitrogens is 1. The quantitative estimate of drug-likeness (QED) is 0.780. The van der Waals surface area contributed by atoms with Gasteiger partial charge in [-0.15, -0.1) is 11.3 Å². The fourth-order valence-corrected chi connectivity index (χ4v) is 2.97. The van der Waals surface area contributed by atoms with Gasteiger partial charge in [-0.3, -0.25) is 0 Å². The van der Waals surface area contributed by atoms with E-state index in [1.165, 1.54) is 16.0 Å². The molecule has 0 spiro atoms. The molecule has 1 aromatic carbocycles. The highest BCUT2D eigenvalue weighted by atomic mass is 32.1. The molecule has 0 aliphatic carbocycles. The minimum atomic E-state index is 0.545. The molecule has 1 aromatic heterocycles. The number of rotatable bonds is 7. The summed E-state index contributed by atoms with van der Waals surface area (Å²) in [5, 5.41) is 4.48. The minimum absolute atomic E-state index is 0.545. The summed E-state index contributed by atoms with van der Waals surface area (Å²) in [7, 11) is 0. The van der Waals surface area contributed by atoms with E-state index in [1.54, 1.807) is 11.3 Å². The summed E-state index contributed by atoms with van der Waals surface area (Å²) in [6.45, 7) is 10.8. The minimum Gasteiger partial charge on any atom is -0.486 e. The molecule has 1 heterocycles. The zero-order chi connectivity index (χ0) is 15.2. The second-order valence-corrected chi connectivity index (χ2v) is 6.61. The van der Waals surface area contributed by atoms with Crippen LogP contribution in [-0.2, 0) is 13.2 Å². The number of thiazole rings is 1. The van der Waals surface area contributed by atoms with Crippen LogP contribution in [0.3, 0.4) is 0 Å². The molecule has 0 radical (unpaired) electrons. The van der Waals surface area contributed by atoms with Crippen LogP contribution in [0.4, 0.5) is 0 Å². The third-order valence-corrected chi connectivity index (χ3v) is 4.43. The molecule has 0 amide bonds. The Morgan fingerprint density at radius 3 is 2.71 bits per heavy atom. The monoisotopic (exact) mass is 304 g/mol. The van der Waals surface area contributed by atoms with E-state index in [2.05, 4.69) is 49.3 Å². The molecular formula is C17H24N2OS. The van der Waals surface area contributed by atoms with Crippen molar-refractivity contribution in [1.29, 1.82) is 0 Å². The second-order valence-electron chi connectivity index (χ2n) is 5.33. The molecule has 0 atom stereocenters. The maximum Gasteiger partial charge on any atom is 0.140 e. The first-order valence-corrected chi connectivity index (χ1v) is 8.27. The fourth-order valence-electron chi connectivity index (χ4n) is 2.13. The Kier molecular flexibility index (Phi) is 5.76. The molecule has 0 bridgehead atoms. The molecule has 3 nitrogen and oxygen atoms in total. The van der Waals surface area contributed by atoms with Gasteiger partial charge < -0.3 is 10.1 Å². The van der Waals surface area contributed by atoms with Gasteiger partial charge in [-0.25, -0.2) is 4.98 Å². The van der Waals surface area contributed by atoms with Gasteiger partial charge in [0.05, 0.1) is 5.69 Å². The number of nitrogens with one attached hydrogen (secondary N) is 1. The Hall–Kier alpha value is -1.39. The van der Waals surface area contributed by atoms with E-state index in [1.807, 2.05) is 6.92 Å². The highest BCUT2D eigenvalue weighted by Crippen LogP contribution is 2.23. The molecule has 0 saturated carbocycles. The van der Waals surface area contributed by atoms with Crippen molar-refractivity contribution in [3.05, 3.63) is 44.9 Å². The van der Waals surface area contributed by atoms with Crippen LogP contribution in [0.25, 0.3) is 0 Å². The van der Waals surface area contributed by atoms with E-state index in [0.29, 0.717) is 6.61 Å². The predicted molar refractivity (Wildman–Crippen MR) is 89.1 cm³/mol. The summed E-state index contributed by atoms with van der Waals surface area (Å²) < 4.78 is 5.99. The van der Waals surface area contributed by atoms with Crippen LogP contribution in [0, 0.1) is 20.8 Å². The SMILES string of the molecule is CCCNCc1cc(C)ccc1OCc1nc(C)c(C)s1. The average Bonchev–Trinajstić information content (AvgIpc) is 2.77. The maximum atomic E-state index is 5.99. The van der Waals surface area contributed by atoms with Crippen molar-refractivity contribution in [2.24, 2.45) is 0 Å². The number of hydrogen-bond acceptors (Lipinski definition) is 4. The van der Waals surface area contributed by atoms with Gasteiger partial charge in [0.1, 0.15) is 17.4 Å². The smallest absolute Gasteiger partial charge is 0.140 e. The molecular weight excluding hydrogens is 280 g/mol. The van der Waals surface area contributed by atoms with Crippen LogP contribution in [-0.4, -0.2) is 11.5 Å². The van der Waals surface area contributed by atoms with Crippen molar-refractivity contribution < 1.29 is 4.74 Å². The van der Waals surface area contributed by atoms with Crippen LogP contribution in [0.15, 0.2) is 18.2 Å². The van der Waals surface area contributed by atoms with Crippen LogP contribution in [0.2, 0.25) is 0 Å². The Bertz CT molecular complexity index is 573. The summed E-state index contributed by atoms with van der Waals surface area (Å²) in [4.78, 5) is 5.79. The van der Waals surface area contributed by atoms with E-state index >= 15 is 0 Å². The summed E-state index contributed by atoms with van der Waals surface area (Å²) >= 11 is 1.71. The molecule has 0 fully saturated rings. The molecule has 0 unspecified atom stereocenters. The summed E-state index contributed by atoms with van der Waals surface area (Å²) in [5.74, 6) is 0.953. The van der Waals surface area contributed by atoms with Gasteiger partial charge in [-0.1, -0.05) is 24.6 Å². The van der Waals surface area contributed by atoms with Crippen LogP contribution < -0.4 is 10.1 Å². The highest BCUT2D eigenvalue weighted by molar-refractivity contribution is 7.11. The van der Waals surface area contributed by atoms with E-state index in [0.717, 1.165) is 36.0 Å². The molecule has 114 valence electrons. The van der Waals surface area contributed by atoms with Crippen molar-refractivity contribution >= 4 is 11.3 Å². The topological polar surface area (TPSA) is 34.1 Å². The van der Waals surface area contributed by atoms with Crippen molar-refractivity contribution in [2.75, 3.05) is 6.54 Å². The first kappa shape index (κ1) is 16.0. The Morgan fingerprint density at radius 1 is 1.24 bits per heavy atom. The summed E-state index contributed by atoms with van der Waals surface area (Å²) in [6.07, 6.45) is 1.14. The number of hydrogen-bond donors (Lipinski definition) is 1. The van der Waals surface area contributed by atoms with E-state index in [9.17, 15) is 0 Å². The van der Waals surface area contributed by atoms with Crippen molar-refractivity contribution in [2.45, 2.75) is 47.3 Å². The highest BCUT2D eigenvalue weighted by Gasteiger charge is 2.07. The third kappa shape index (κ3) is 4.55. The molecule has 2 rings (SSSR count). The summed E-state index contributed by atoms with van der Waals surface area (Å²) in [6, 6.07) is 6.35. The Labute approximate surface area is 131 Å². The Balaban J connectivity index is 2.04. The molecule has 2 aromatic rings. The Morgan fingerprint density at radius 2 is 2.05 bits per heavy atom. The zero-order valence-corrected chi connectivity index (χ0v) is 14.1. The lowest BCUT2D eigenvalue weighted by atomic mass is 10.1. The number of aryl methyl sites for hydroxylation is 3. The number of ether oxygens (including phenoxy) is 1. The van der Waals surface area contributed by atoms with E-state index in [-0.39, 0.29) is 0 Å². The molecule has 0 aliphatic rings. The molecule has 21 heavy (non-hydrogen) atoms. The molecule has 1 N–H and O–H groups in total. The lowest BCUT2D eigenvalue weighted by Gasteiger charge is -2.12. The first-order valence-electron chi connectivity index (χ1n) is 7.46.